The molecule has 0 aliphatic carbocycles. The zero-order valence-corrected chi connectivity index (χ0v) is 17.1. The van der Waals surface area contributed by atoms with Crippen LogP contribution in [-0.2, 0) is 19.3 Å². The Bertz CT molecular complexity index is 1030. The Morgan fingerprint density at radius 1 is 0.667 bits per heavy atom. The molecular formula is C21H18F6O6. The molecule has 2 aromatic carbocycles. The maximum atomic E-state index is 12.9. The van der Waals surface area contributed by atoms with Crippen LogP contribution in [0.5, 0.6) is 23.0 Å². The number of hydrogen-bond donors (Lipinski definition) is 4. The van der Waals surface area contributed by atoms with Crippen LogP contribution >= 0.6 is 0 Å². The number of rotatable bonds is 6. The highest BCUT2D eigenvalue weighted by atomic mass is 19.4. The van der Waals surface area contributed by atoms with Gasteiger partial charge in [-0.25, -0.2) is 0 Å². The van der Waals surface area contributed by atoms with E-state index in [2.05, 4.69) is 0 Å². The molecule has 0 heterocycles. The summed E-state index contributed by atoms with van der Waals surface area (Å²) >= 11 is 0. The molecule has 2 rings (SSSR count). The number of ketones is 2. The van der Waals surface area contributed by atoms with Crippen LogP contribution in [0.25, 0.3) is 0 Å². The number of benzene rings is 2. The lowest BCUT2D eigenvalue weighted by Crippen LogP contribution is -2.23. The van der Waals surface area contributed by atoms with Crippen LogP contribution in [-0.4, -0.2) is 44.3 Å². The van der Waals surface area contributed by atoms with E-state index in [-0.39, 0.29) is 24.0 Å². The average Bonchev–Trinajstić information content (AvgIpc) is 2.71. The minimum Gasteiger partial charge on any atom is -0.507 e. The van der Waals surface area contributed by atoms with E-state index in [1.807, 2.05) is 0 Å². The van der Waals surface area contributed by atoms with Gasteiger partial charge in [0.05, 0.1) is 11.1 Å². The predicted octanol–water partition coefficient (Wildman–Crippen LogP) is 4.71. The molecule has 0 amide bonds. The third-order valence-electron chi connectivity index (χ3n) is 5.02. The Labute approximate surface area is 182 Å². The highest BCUT2D eigenvalue weighted by Crippen LogP contribution is 2.44. The first-order valence-electron chi connectivity index (χ1n) is 9.42. The average molecular weight is 480 g/mol. The SMILES string of the molecule is CCc1cc(C(=O)C(F)(F)F)c(O)c(Cc2c(O)c(CC)cc(C(=O)C(F)(F)F)c2O)c1O. The summed E-state index contributed by atoms with van der Waals surface area (Å²) in [4.78, 5) is 23.4. The standard InChI is InChI=1S/C21H18F6O6/c1-3-8-5-12(18(32)20(22,23)24)16(30)10(14(8)28)7-11-15(29)9(4-2)6-13(17(11)31)19(33)21(25,26)27/h5-6,28-31H,3-4,7H2,1-2H3. The molecule has 0 saturated heterocycles. The molecule has 0 bridgehead atoms. The Kier molecular flexibility index (Phi) is 6.91. The summed E-state index contributed by atoms with van der Waals surface area (Å²) in [5, 5.41) is 41.4. The molecule has 2 aromatic rings. The molecule has 0 atom stereocenters. The minimum absolute atomic E-state index is 0.109. The fourth-order valence-electron chi connectivity index (χ4n) is 3.26. The van der Waals surface area contributed by atoms with E-state index in [0.29, 0.717) is 12.1 Å². The summed E-state index contributed by atoms with van der Waals surface area (Å²) in [6.07, 6.45) is -12.0. The lowest BCUT2D eigenvalue weighted by atomic mass is 9.90. The molecule has 0 aromatic heterocycles. The predicted molar refractivity (Wildman–Crippen MR) is 102 cm³/mol. The summed E-state index contributed by atoms with van der Waals surface area (Å²) in [5.74, 6) is -9.15. The van der Waals surface area contributed by atoms with Crippen LogP contribution < -0.4 is 0 Å². The van der Waals surface area contributed by atoms with Crippen LogP contribution in [0.15, 0.2) is 12.1 Å². The van der Waals surface area contributed by atoms with Crippen molar-refractivity contribution in [2.24, 2.45) is 0 Å². The van der Waals surface area contributed by atoms with Gasteiger partial charge in [0.1, 0.15) is 23.0 Å². The quantitative estimate of drug-likeness (QED) is 0.352. The zero-order valence-electron chi connectivity index (χ0n) is 17.1. The maximum absolute atomic E-state index is 12.9. The number of alkyl halides is 6. The first-order chi connectivity index (χ1) is 15.1. The van der Waals surface area contributed by atoms with Crippen LogP contribution in [0.1, 0.15) is 56.8 Å². The van der Waals surface area contributed by atoms with Crippen molar-refractivity contribution >= 4 is 11.6 Å². The smallest absolute Gasteiger partial charge is 0.455 e. The lowest BCUT2D eigenvalue weighted by Gasteiger charge is -2.19. The van der Waals surface area contributed by atoms with Crippen molar-refractivity contribution in [1.82, 2.24) is 0 Å². The number of Topliss-reactive ketones (excluding diaryl/α,β-unsaturated/α-hetero) is 2. The highest BCUT2D eigenvalue weighted by molar-refractivity contribution is 6.04. The second-order valence-corrected chi connectivity index (χ2v) is 7.06. The van der Waals surface area contributed by atoms with Gasteiger partial charge in [0.2, 0.25) is 0 Å². The monoisotopic (exact) mass is 480 g/mol. The maximum Gasteiger partial charge on any atom is 0.455 e. The van der Waals surface area contributed by atoms with E-state index >= 15 is 0 Å². The molecule has 6 nitrogen and oxygen atoms in total. The van der Waals surface area contributed by atoms with Gasteiger partial charge in [0, 0.05) is 17.5 Å². The summed E-state index contributed by atoms with van der Waals surface area (Å²) < 4.78 is 77.7. The van der Waals surface area contributed by atoms with Crippen LogP contribution in [0.4, 0.5) is 26.3 Å². The van der Waals surface area contributed by atoms with E-state index < -0.39 is 75.6 Å². The van der Waals surface area contributed by atoms with Gasteiger partial charge in [-0.3, -0.25) is 9.59 Å². The van der Waals surface area contributed by atoms with Crippen LogP contribution in [0.3, 0.4) is 0 Å². The molecule has 0 unspecified atom stereocenters. The van der Waals surface area contributed by atoms with Crippen molar-refractivity contribution in [3.63, 3.8) is 0 Å². The van der Waals surface area contributed by atoms with Crippen molar-refractivity contribution < 1.29 is 56.4 Å². The molecule has 12 heteroatoms. The molecule has 0 aliphatic heterocycles. The van der Waals surface area contributed by atoms with E-state index in [0.717, 1.165) is 0 Å². The number of phenols is 4. The first kappa shape index (κ1) is 25.8. The normalized spacial score (nSPS) is 12.1. The Morgan fingerprint density at radius 2 is 0.970 bits per heavy atom. The molecule has 180 valence electrons. The number of carbonyl (C=O) groups is 2. The number of hydrogen-bond acceptors (Lipinski definition) is 6. The number of phenolic OH excluding ortho intramolecular Hbond substituents is 4. The van der Waals surface area contributed by atoms with E-state index in [4.69, 9.17) is 0 Å². The number of aryl methyl sites for hydroxylation is 2. The van der Waals surface area contributed by atoms with Gasteiger partial charge in [-0.2, -0.15) is 26.3 Å². The van der Waals surface area contributed by atoms with Gasteiger partial charge in [0.15, 0.2) is 0 Å². The van der Waals surface area contributed by atoms with Crippen LogP contribution in [0, 0.1) is 0 Å². The molecule has 4 N–H and O–H groups in total. The molecular weight excluding hydrogens is 462 g/mol. The molecule has 33 heavy (non-hydrogen) atoms. The lowest BCUT2D eigenvalue weighted by molar-refractivity contribution is -0.0889. The van der Waals surface area contributed by atoms with Crippen molar-refractivity contribution in [1.29, 1.82) is 0 Å². The van der Waals surface area contributed by atoms with Crippen molar-refractivity contribution in [2.45, 2.75) is 45.5 Å². The Morgan fingerprint density at radius 3 is 1.21 bits per heavy atom. The zero-order chi connectivity index (χ0) is 25.5. The van der Waals surface area contributed by atoms with Crippen molar-refractivity contribution in [3.05, 3.63) is 45.5 Å². The van der Waals surface area contributed by atoms with Gasteiger partial charge < -0.3 is 20.4 Å². The van der Waals surface area contributed by atoms with Gasteiger partial charge >= 0.3 is 12.4 Å². The fraction of sp³-hybridized carbons (Fsp3) is 0.333. The van der Waals surface area contributed by atoms with Gasteiger partial charge in [-0.1, -0.05) is 13.8 Å². The molecule has 0 fully saturated rings. The van der Waals surface area contributed by atoms with E-state index in [9.17, 15) is 56.4 Å². The van der Waals surface area contributed by atoms with Gasteiger partial charge in [-0.15, -0.1) is 0 Å². The topological polar surface area (TPSA) is 115 Å². The third kappa shape index (κ3) is 4.83. The summed E-state index contributed by atoms with van der Waals surface area (Å²) in [7, 11) is 0. The number of aromatic hydroxyl groups is 4. The summed E-state index contributed by atoms with van der Waals surface area (Å²) in [6, 6.07) is 1.23. The minimum atomic E-state index is -5.39. The third-order valence-corrected chi connectivity index (χ3v) is 5.02. The highest BCUT2D eigenvalue weighted by Gasteiger charge is 2.43. The molecule has 0 radical (unpaired) electrons. The van der Waals surface area contributed by atoms with Gasteiger partial charge in [0.25, 0.3) is 11.6 Å². The summed E-state index contributed by atoms with van der Waals surface area (Å²) in [6.45, 7) is 2.81. The molecule has 0 aliphatic rings. The first-order valence-corrected chi connectivity index (χ1v) is 9.42. The van der Waals surface area contributed by atoms with Gasteiger partial charge in [-0.05, 0) is 36.1 Å². The summed E-state index contributed by atoms with van der Waals surface area (Å²) in [5.41, 5.74) is -4.41. The van der Waals surface area contributed by atoms with Crippen molar-refractivity contribution in [3.8, 4) is 23.0 Å². The van der Waals surface area contributed by atoms with E-state index in [1.54, 1.807) is 0 Å². The Hall–Kier alpha value is -3.44. The Balaban J connectivity index is 2.82. The largest absolute Gasteiger partial charge is 0.507 e. The number of halogens is 6. The van der Waals surface area contributed by atoms with E-state index in [1.165, 1.54) is 13.8 Å². The second-order valence-electron chi connectivity index (χ2n) is 7.06. The molecule has 0 saturated carbocycles. The van der Waals surface area contributed by atoms with Crippen molar-refractivity contribution in [2.75, 3.05) is 0 Å². The fourth-order valence-corrected chi connectivity index (χ4v) is 3.26. The second kappa shape index (κ2) is 8.83. The number of carbonyl (C=O) groups excluding carboxylic acids is 2. The van der Waals surface area contributed by atoms with Crippen LogP contribution in [0.2, 0.25) is 0 Å². The molecule has 0 spiro atoms.